The van der Waals surface area contributed by atoms with E-state index in [2.05, 4.69) is 5.32 Å². The van der Waals surface area contributed by atoms with Gasteiger partial charge in [-0.25, -0.2) is 0 Å². The number of hydrogen-bond donors (Lipinski definition) is 1. The molecule has 0 saturated carbocycles. The van der Waals surface area contributed by atoms with Crippen molar-refractivity contribution >= 4 is 40.4 Å². The van der Waals surface area contributed by atoms with Crippen molar-refractivity contribution in [1.82, 2.24) is 5.32 Å². The van der Waals surface area contributed by atoms with Gasteiger partial charge in [-0.3, -0.25) is 4.79 Å². The van der Waals surface area contributed by atoms with Crippen molar-refractivity contribution in [3.05, 3.63) is 44.5 Å². The second kappa shape index (κ2) is 4.91. The van der Waals surface area contributed by atoms with Crippen LogP contribution in [0.2, 0.25) is 9.56 Å². The molecule has 1 N–H and O–H groups in total. The summed E-state index contributed by atoms with van der Waals surface area (Å²) in [7, 11) is 0. The summed E-state index contributed by atoms with van der Waals surface area (Å²) in [6, 6.07) is 5.18. The monoisotopic (exact) mass is 275 g/mol. The van der Waals surface area contributed by atoms with Gasteiger partial charge in [0.15, 0.2) is 0 Å². The van der Waals surface area contributed by atoms with Crippen LogP contribution in [0, 0.1) is 0 Å². The van der Waals surface area contributed by atoms with Crippen LogP contribution < -0.4 is 5.32 Å². The molecule has 0 fully saturated rings. The fraction of sp³-hybridized carbons (Fsp3) is 0.100. The third kappa shape index (κ3) is 2.58. The van der Waals surface area contributed by atoms with Crippen LogP contribution in [-0.4, -0.2) is 5.91 Å². The molecule has 2 aromatic heterocycles. The average Bonchev–Trinajstić information content (AvgIpc) is 2.84. The Bertz CT molecular complexity index is 506. The van der Waals surface area contributed by atoms with E-state index >= 15 is 0 Å². The average molecular weight is 276 g/mol. The van der Waals surface area contributed by atoms with Crippen LogP contribution in [0.5, 0.6) is 0 Å². The van der Waals surface area contributed by atoms with Gasteiger partial charge >= 0.3 is 0 Å². The first-order valence-corrected chi connectivity index (χ1v) is 5.99. The summed E-state index contributed by atoms with van der Waals surface area (Å²) in [5.41, 5.74) is 0.337. The van der Waals surface area contributed by atoms with E-state index in [4.69, 9.17) is 27.6 Å². The lowest BCUT2D eigenvalue weighted by atomic mass is 10.3. The SMILES string of the molecule is O=C(NCc1ccc(Cl)s1)c1ccoc1Cl. The zero-order valence-electron chi connectivity index (χ0n) is 8.00. The van der Waals surface area contributed by atoms with Crippen molar-refractivity contribution < 1.29 is 9.21 Å². The van der Waals surface area contributed by atoms with Crippen molar-refractivity contribution in [3.63, 3.8) is 0 Å². The Hall–Kier alpha value is -0.970. The molecule has 0 saturated heterocycles. The lowest BCUT2D eigenvalue weighted by Gasteiger charge is -2.01. The van der Waals surface area contributed by atoms with Crippen LogP contribution >= 0.6 is 34.5 Å². The van der Waals surface area contributed by atoms with Crippen LogP contribution in [0.4, 0.5) is 0 Å². The molecule has 0 unspecified atom stereocenters. The molecule has 0 aromatic carbocycles. The molecular weight excluding hydrogens is 269 g/mol. The maximum absolute atomic E-state index is 11.6. The topological polar surface area (TPSA) is 42.2 Å². The van der Waals surface area contributed by atoms with Crippen LogP contribution in [0.25, 0.3) is 0 Å². The van der Waals surface area contributed by atoms with Crippen LogP contribution in [0.1, 0.15) is 15.2 Å². The minimum absolute atomic E-state index is 0.0988. The Morgan fingerprint density at radius 1 is 1.38 bits per heavy atom. The standard InChI is InChI=1S/C10H7Cl2NO2S/c11-8-2-1-6(16-8)5-13-10(14)7-3-4-15-9(7)12/h1-4H,5H2,(H,13,14). The number of amides is 1. The van der Waals surface area contributed by atoms with Gasteiger partial charge in [-0.2, -0.15) is 0 Å². The third-order valence-electron chi connectivity index (χ3n) is 1.91. The number of rotatable bonds is 3. The van der Waals surface area contributed by atoms with Gasteiger partial charge in [-0.15, -0.1) is 11.3 Å². The minimum Gasteiger partial charge on any atom is -0.452 e. The predicted molar refractivity (Wildman–Crippen MR) is 64.2 cm³/mol. The zero-order valence-corrected chi connectivity index (χ0v) is 10.3. The lowest BCUT2D eigenvalue weighted by Crippen LogP contribution is -2.21. The number of hydrogen-bond acceptors (Lipinski definition) is 3. The Labute approximate surface area is 106 Å². The van der Waals surface area contributed by atoms with Gasteiger partial charge in [0.2, 0.25) is 5.22 Å². The summed E-state index contributed by atoms with van der Waals surface area (Å²) < 4.78 is 5.53. The van der Waals surface area contributed by atoms with Crippen molar-refractivity contribution in [3.8, 4) is 0 Å². The molecule has 3 nitrogen and oxygen atoms in total. The summed E-state index contributed by atoms with van der Waals surface area (Å²) in [5, 5.41) is 2.82. The van der Waals surface area contributed by atoms with E-state index in [-0.39, 0.29) is 11.1 Å². The molecule has 6 heteroatoms. The zero-order chi connectivity index (χ0) is 11.5. The highest BCUT2D eigenvalue weighted by Gasteiger charge is 2.12. The maximum atomic E-state index is 11.6. The maximum Gasteiger partial charge on any atom is 0.256 e. The van der Waals surface area contributed by atoms with E-state index in [1.807, 2.05) is 6.07 Å². The highest BCUT2D eigenvalue weighted by atomic mass is 35.5. The molecule has 2 heterocycles. The van der Waals surface area contributed by atoms with Gasteiger partial charge in [0.1, 0.15) is 0 Å². The number of carbonyl (C=O) groups excluding carboxylic acids is 1. The first-order valence-electron chi connectivity index (χ1n) is 4.42. The number of halogens is 2. The number of furan rings is 1. The molecule has 0 bridgehead atoms. The minimum atomic E-state index is -0.261. The fourth-order valence-electron chi connectivity index (χ4n) is 1.17. The van der Waals surface area contributed by atoms with Crippen LogP contribution in [0.15, 0.2) is 28.9 Å². The van der Waals surface area contributed by atoms with Gasteiger partial charge < -0.3 is 9.73 Å². The first-order chi connectivity index (χ1) is 7.66. The Morgan fingerprint density at radius 2 is 2.19 bits per heavy atom. The van der Waals surface area contributed by atoms with E-state index in [0.717, 1.165) is 4.88 Å². The van der Waals surface area contributed by atoms with E-state index < -0.39 is 0 Å². The molecule has 84 valence electrons. The molecule has 1 amide bonds. The number of thiophene rings is 1. The van der Waals surface area contributed by atoms with E-state index in [9.17, 15) is 4.79 Å². The molecule has 16 heavy (non-hydrogen) atoms. The molecule has 0 radical (unpaired) electrons. The first kappa shape index (κ1) is 11.5. The van der Waals surface area contributed by atoms with Crippen molar-refractivity contribution in [2.45, 2.75) is 6.54 Å². The van der Waals surface area contributed by atoms with Crippen molar-refractivity contribution in [2.75, 3.05) is 0 Å². The Kier molecular flexibility index (Phi) is 3.53. The quantitative estimate of drug-likeness (QED) is 0.931. The third-order valence-corrected chi connectivity index (χ3v) is 3.44. The van der Waals surface area contributed by atoms with E-state index in [0.29, 0.717) is 16.4 Å². The van der Waals surface area contributed by atoms with Crippen molar-refractivity contribution in [2.24, 2.45) is 0 Å². The normalized spacial score (nSPS) is 10.4. The summed E-state index contributed by atoms with van der Waals surface area (Å²) in [6.07, 6.45) is 1.37. The van der Waals surface area contributed by atoms with Gasteiger partial charge in [-0.1, -0.05) is 11.6 Å². The largest absolute Gasteiger partial charge is 0.452 e. The van der Waals surface area contributed by atoms with Gasteiger partial charge in [0, 0.05) is 4.88 Å². The van der Waals surface area contributed by atoms with Gasteiger partial charge in [-0.05, 0) is 29.8 Å². The van der Waals surface area contributed by atoms with E-state index in [1.54, 1.807) is 6.07 Å². The summed E-state index contributed by atoms with van der Waals surface area (Å²) in [6.45, 7) is 0.428. The molecule has 2 rings (SSSR count). The summed E-state index contributed by atoms with van der Waals surface area (Å²) in [5.74, 6) is -0.261. The van der Waals surface area contributed by atoms with Crippen LogP contribution in [0.3, 0.4) is 0 Å². The van der Waals surface area contributed by atoms with Crippen LogP contribution in [-0.2, 0) is 6.54 Å². The second-order valence-electron chi connectivity index (χ2n) is 3.00. The van der Waals surface area contributed by atoms with Crippen molar-refractivity contribution in [1.29, 1.82) is 0 Å². The Morgan fingerprint density at radius 3 is 2.75 bits per heavy atom. The molecular formula is C10H7Cl2NO2S. The number of nitrogens with one attached hydrogen (secondary N) is 1. The highest BCUT2D eigenvalue weighted by molar-refractivity contribution is 7.16. The predicted octanol–water partition coefficient (Wildman–Crippen LogP) is 3.58. The second-order valence-corrected chi connectivity index (χ2v) is 5.14. The molecule has 0 spiro atoms. The molecule has 2 aromatic rings. The highest BCUT2D eigenvalue weighted by Crippen LogP contribution is 2.21. The molecule has 0 aliphatic carbocycles. The molecule has 0 aliphatic heterocycles. The molecule has 0 atom stereocenters. The van der Waals surface area contributed by atoms with Gasteiger partial charge in [0.05, 0.1) is 22.7 Å². The number of carbonyl (C=O) groups is 1. The molecule has 0 aliphatic rings. The Balaban J connectivity index is 1.96. The van der Waals surface area contributed by atoms with E-state index in [1.165, 1.54) is 23.7 Å². The lowest BCUT2D eigenvalue weighted by molar-refractivity contribution is 0.0951. The summed E-state index contributed by atoms with van der Waals surface area (Å²) in [4.78, 5) is 12.6. The fourth-order valence-corrected chi connectivity index (χ4v) is 2.39. The van der Waals surface area contributed by atoms with Gasteiger partial charge in [0.25, 0.3) is 5.91 Å². The smallest absolute Gasteiger partial charge is 0.256 e. The summed E-state index contributed by atoms with van der Waals surface area (Å²) >= 11 is 12.9.